The third kappa shape index (κ3) is 17.6. The van der Waals surface area contributed by atoms with E-state index in [1.807, 2.05) is 0 Å². The Labute approximate surface area is 126 Å². The molecule has 1 nitrogen and oxygen atoms in total. The van der Waals surface area contributed by atoms with E-state index in [4.69, 9.17) is 18.0 Å². The molecule has 0 unspecified atom stereocenters. The highest BCUT2D eigenvalue weighted by Gasteiger charge is 1.91. The smallest absolute Gasteiger partial charge is 0.0727 e. The standard InChI is InChI=1S/C17H33NS/c1-2-3-4-5-6-7-8-9-10-11-12-13-14-15-16-17(18)19/h9-10H,2-8,11-16H2,1H3,(H2,18,19)/b10-9-. The maximum atomic E-state index is 5.46. The molecule has 0 amide bonds. The Morgan fingerprint density at radius 2 is 1.26 bits per heavy atom. The molecule has 0 rings (SSSR count). The van der Waals surface area contributed by atoms with Gasteiger partial charge in [-0.05, 0) is 38.5 Å². The summed E-state index contributed by atoms with van der Waals surface area (Å²) in [5.41, 5.74) is 5.46. The van der Waals surface area contributed by atoms with Crippen LogP contribution in [0.3, 0.4) is 0 Å². The summed E-state index contributed by atoms with van der Waals surface area (Å²) in [6.07, 6.45) is 21.6. The SMILES string of the molecule is CCCCCCCC/C=C\CCCCCCC(N)=S. The van der Waals surface area contributed by atoms with Gasteiger partial charge in [-0.2, -0.15) is 0 Å². The molecule has 0 aliphatic heterocycles. The number of hydrogen-bond acceptors (Lipinski definition) is 1. The van der Waals surface area contributed by atoms with E-state index in [0.717, 1.165) is 12.8 Å². The first-order valence-electron chi connectivity index (χ1n) is 8.20. The lowest BCUT2D eigenvalue weighted by atomic mass is 10.1. The predicted molar refractivity (Wildman–Crippen MR) is 91.6 cm³/mol. The van der Waals surface area contributed by atoms with Gasteiger partial charge in [-0.25, -0.2) is 0 Å². The fraction of sp³-hybridized carbons (Fsp3) is 0.824. The summed E-state index contributed by atoms with van der Waals surface area (Å²) < 4.78 is 0. The van der Waals surface area contributed by atoms with Gasteiger partial charge in [-0.15, -0.1) is 0 Å². The second kappa shape index (κ2) is 15.7. The Morgan fingerprint density at radius 1 is 0.789 bits per heavy atom. The van der Waals surface area contributed by atoms with Crippen molar-refractivity contribution in [2.75, 3.05) is 0 Å². The van der Waals surface area contributed by atoms with Crippen LogP contribution in [0.5, 0.6) is 0 Å². The average molecular weight is 284 g/mol. The van der Waals surface area contributed by atoms with E-state index in [1.54, 1.807) is 0 Å². The zero-order chi connectivity index (χ0) is 14.2. The first-order chi connectivity index (χ1) is 9.27. The van der Waals surface area contributed by atoms with Gasteiger partial charge in [0.1, 0.15) is 0 Å². The lowest BCUT2D eigenvalue weighted by Gasteiger charge is -1.99. The molecule has 0 aromatic rings. The molecule has 19 heavy (non-hydrogen) atoms. The molecule has 0 aromatic heterocycles. The minimum Gasteiger partial charge on any atom is -0.393 e. The third-order valence-electron chi connectivity index (χ3n) is 3.43. The minimum absolute atomic E-state index is 0.666. The molecule has 0 saturated heterocycles. The number of hydrogen-bond donors (Lipinski definition) is 1. The van der Waals surface area contributed by atoms with Gasteiger partial charge in [-0.1, -0.05) is 76.2 Å². The second-order valence-corrected chi connectivity index (χ2v) is 5.97. The van der Waals surface area contributed by atoms with Crippen LogP contribution in [0.1, 0.15) is 90.4 Å². The monoisotopic (exact) mass is 283 g/mol. The molecule has 0 aromatic carbocycles. The van der Waals surface area contributed by atoms with E-state index in [9.17, 15) is 0 Å². The van der Waals surface area contributed by atoms with Crippen molar-refractivity contribution in [1.29, 1.82) is 0 Å². The van der Waals surface area contributed by atoms with Gasteiger partial charge in [0.15, 0.2) is 0 Å². The molecule has 0 bridgehead atoms. The van der Waals surface area contributed by atoms with Crippen LogP contribution in [0.4, 0.5) is 0 Å². The summed E-state index contributed by atoms with van der Waals surface area (Å²) in [7, 11) is 0. The van der Waals surface area contributed by atoms with E-state index < -0.39 is 0 Å². The third-order valence-corrected chi connectivity index (χ3v) is 3.64. The van der Waals surface area contributed by atoms with E-state index in [2.05, 4.69) is 19.1 Å². The molecule has 0 fully saturated rings. The summed E-state index contributed by atoms with van der Waals surface area (Å²) in [6, 6.07) is 0. The first kappa shape index (κ1) is 18.6. The minimum atomic E-state index is 0.666. The highest BCUT2D eigenvalue weighted by Crippen LogP contribution is 2.09. The van der Waals surface area contributed by atoms with Crippen LogP contribution in [0.2, 0.25) is 0 Å². The Bertz CT molecular complexity index is 223. The Morgan fingerprint density at radius 3 is 1.79 bits per heavy atom. The highest BCUT2D eigenvalue weighted by atomic mass is 32.1. The number of thiocarbonyl (C=S) groups is 1. The van der Waals surface area contributed by atoms with Gasteiger partial charge in [0.2, 0.25) is 0 Å². The van der Waals surface area contributed by atoms with Crippen molar-refractivity contribution in [3.8, 4) is 0 Å². The Kier molecular flexibility index (Phi) is 15.4. The molecule has 0 aliphatic carbocycles. The van der Waals surface area contributed by atoms with Crippen molar-refractivity contribution in [3.63, 3.8) is 0 Å². The summed E-state index contributed by atoms with van der Waals surface area (Å²) in [4.78, 5) is 0.666. The Balaban J connectivity index is 3.07. The topological polar surface area (TPSA) is 26.0 Å². The fourth-order valence-electron chi connectivity index (χ4n) is 2.19. The lowest BCUT2D eigenvalue weighted by molar-refractivity contribution is 0.610. The van der Waals surface area contributed by atoms with Crippen molar-refractivity contribution in [1.82, 2.24) is 0 Å². The summed E-state index contributed by atoms with van der Waals surface area (Å²) in [5, 5.41) is 0. The molecule has 0 saturated carbocycles. The van der Waals surface area contributed by atoms with Crippen molar-refractivity contribution in [3.05, 3.63) is 12.2 Å². The summed E-state index contributed by atoms with van der Waals surface area (Å²) in [6.45, 7) is 2.27. The zero-order valence-electron chi connectivity index (χ0n) is 12.8. The molecule has 0 heterocycles. The van der Waals surface area contributed by atoms with Crippen molar-refractivity contribution >= 4 is 17.2 Å². The molecule has 0 atom stereocenters. The van der Waals surface area contributed by atoms with Crippen LogP contribution in [0.15, 0.2) is 12.2 Å². The molecule has 0 aliphatic rings. The van der Waals surface area contributed by atoms with Crippen molar-refractivity contribution < 1.29 is 0 Å². The predicted octanol–water partition coefficient (Wildman–Crippen LogP) is 5.92. The quantitative estimate of drug-likeness (QED) is 0.243. The first-order valence-corrected chi connectivity index (χ1v) is 8.61. The van der Waals surface area contributed by atoms with Gasteiger partial charge in [-0.3, -0.25) is 0 Å². The summed E-state index contributed by atoms with van der Waals surface area (Å²) in [5.74, 6) is 0. The largest absolute Gasteiger partial charge is 0.393 e. The van der Waals surface area contributed by atoms with Crippen molar-refractivity contribution in [2.24, 2.45) is 5.73 Å². The molecule has 2 N–H and O–H groups in total. The van der Waals surface area contributed by atoms with Gasteiger partial charge >= 0.3 is 0 Å². The van der Waals surface area contributed by atoms with Crippen LogP contribution >= 0.6 is 12.2 Å². The van der Waals surface area contributed by atoms with Gasteiger partial charge in [0.25, 0.3) is 0 Å². The van der Waals surface area contributed by atoms with E-state index in [1.165, 1.54) is 70.6 Å². The maximum Gasteiger partial charge on any atom is 0.0727 e. The average Bonchev–Trinajstić information content (AvgIpc) is 2.39. The van der Waals surface area contributed by atoms with Crippen LogP contribution in [-0.4, -0.2) is 4.99 Å². The van der Waals surface area contributed by atoms with Crippen LogP contribution in [0, 0.1) is 0 Å². The van der Waals surface area contributed by atoms with Crippen LogP contribution < -0.4 is 5.73 Å². The van der Waals surface area contributed by atoms with Crippen LogP contribution in [-0.2, 0) is 0 Å². The molecule has 0 spiro atoms. The molecular weight excluding hydrogens is 250 g/mol. The molecular formula is C17H33NS. The second-order valence-electron chi connectivity index (χ2n) is 5.45. The number of rotatable bonds is 14. The van der Waals surface area contributed by atoms with Crippen LogP contribution in [0.25, 0.3) is 0 Å². The van der Waals surface area contributed by atoms with Gasteiger partial charge in [0.05, 0.1) is 4.99 Å². The van der Waals surface area contributed by atoms with E-state index in [0.29, 0.717) is 4.99 Å². The molecule has 112 valence electrons. The maximum absolute atomic E-state index is 5.46. The fourth-order valence-corrected chi connectivity index (χ4v) is 2.34. The lowest BCUT2D eigenvalue weighted by Crippen LogP contribution is -2.06. The molecule has 0 radical (unpaired) electrons. The zero-order valence-corrected chi connectivity index (χ0v) is 13.6. The van der Waals surface area contributed by atoms with Gasteiger partial charge < -0.3 is 5.73 Å². The van der Waals surface area contributed by atoms with Crippen molar-refractivity contribution in [2.45, 2.75) is 90.4 Å². The van der Waals surface area contributed by atoms with E-state index in [-0.39, 0.29) is 0 Å². The van der Waals surface area contributed by atoms with E-state index >= 15 is 0 Å². The highest BCUT2D eigenvalue weighted by molar-refractivity contribution is 7.80. The number of unbranched alkanes of at least 4 members (excludes halogenated alkanes) is 10. The Hall–Kier alpha value is -0.370. The summed E-state index contributed by atoms with van der Waals surface area (Å²) >= 11 is 4.86. The normalized spacial score (nSPS) is 11.2. The number of nitrogens with two attached hydrogens (primary N) is 1. The molecule has 2 heteroatoms. The number of allylic oxidation sites excluding steroid dienone is 2. The van der Waals surface area contributed by atoms with Gasteiger partial charge in [0, 0.05) is 0 Å².